The summed E-state index contributed by atoms with van der Waals surface area (Å²) in [6.45, 7) is -0.462. The molecule has 1 N–H and O–H groups in total. The fourth-order valence-corrected chi connectivity index (χ4v) is 1.52. The average molecular weight is 269 g/mol. The minimum absolute atomic E-state index is 0.172. The summed E-state index contributed by atoms with van der Waals surface area (Å²) in [5.74, 6) is -0.109. The first-order valence-corrected chi connectivity index (χ1v) is 5.39. The highest BCUT2D eigenvalue weighted by Gasteiger charge is 2.34. The van der Waals surface area contributed by atoms with Gasteiger partial charge < -0.3 is 9.84 Å². The number of alkyl halides is 3. The molecule has 100 valence electrons. The monoisotopic (exact) mass is 269 g/mol. The van der Waals surface area contributed by atoms with Gasteiger partial charge >= 0.3 is 6.18 Å². The molecule has 0 spiro atoms. The third-order valence-electron chi connectivity index (χ3n) is 2.39. The first-order chi connectivity index (χ1) is 9.00. The van der Waals surface area contributed by atoms with Gasteiger partial charge in [0, 0.05) is 6.20 Å². The minimum atomic E-state index is -4.55. The fraction of sp³-hybridized carbons (Fsp3) is 0.154. The van der Waals surface area contributed by atoms with Crippen LogP contribution in [0.1, 0.15) is 11.1 Å². The van der Waals surface area contributed by atoms with Crippen LogP contribution >= 0.6 is 0 Å². The van der Waals surface area contributed by atoms with Crippen LogP contribution in [0.25, 0.3) is 0 Å². The zero-order chi connectivity index (χ0) is 13.9. The third-order valence-corrected chi connectivity index (χ3v) is 2.39. The molecule has 3 nitrogen and oxygen atoms in total. The number of nitrogens with zero attached hydrogens (tertiary/aromatic N) is 1. The Morgan fingerprint density at radius 2 is 2.00 bits per heavy atom. The van der Waals surface area contributed by atoms with E-state index in [0.717, 1.165) is 6.07 Å². The first kappa shape index (κ1) is 13.4. The molecule has 19 heavy (non-hydrogen) atoms. The highest BCUT2D eigenvalue weighted by atomic mass is 19.4. The van der Waals surface area contributed by atoms with Crippen molar-refractivity contribution in [3.05, 3.63) is 53.9 Å². The molecule has 0 aliphatic heterocycles. The molecule has 0 aliphatic carbocycles. The van der Waals surface area contributed by atoms with Gasteiger partial charge in [0.1, 0.15) is 11.5 Å². The van der Waals surface area contributed by atoms with Crippen molar-refractivity contribution in [1.82, 2.24) is 4.98 Å². The van der Waals surface area contributed by atoms with E-state index in [1.54, 1.807) is 6.07 Å². The SMILES string of the molecule is OCc1ccc(Oc2cccnc2)c(C(F)(F)F)c1. The van der Waals surface area contributed by atoms with E-state index < -0.39 is 18.3 Å². The van der Waals surface area contributed by atoms with E-state index in [4.69, 9.17) is 9.84 Å². The molecule has 1 heterocycles. The molecule has 6 heteroatoms. The van der Waals surface area contributed by atoms with E-state index in [1.165, 1.54) is 30.6 Å². The van der Waals surface area contributed by atoms with Gasteiger partial charge in [-0.2, -0.15) is 13.2 Å². The van der Waals surface area contributed by atoms with E-state index in [2.05, 4.69) is 4.98 Å². The molecule has 1 aromatic heterocycles. The van der Waals surface area contributed by atoms with Gasteiger partial charge in [-0.1, -0.05) is 6.07 Å². The molecule has 0 fully saturated rings. The number of ether oxygens (including phenoxy) is 1. The smallest absolute Gasteiger partial charge is 0.419 e. The number of aliphatic hydroxyl groups excluding tert-OH is 1. The molecule has 0 atom stereocenters. The molecular weight excluding hydrogens is 259 g/mol. The minimum Gasteiger partial charge on any atom is -0.455 e. The predicted octanol–water partition coefficient (Wildman–Crippen LogP) is 3.39. The lowest BCUT2D eigenvalue weighted by atomic mass is 10.1. The van der Waals surface area contributed by atoms with E-state index in [1.807, 2.05) is 0 Å². The summed E-state index contributed by atoms with van der Waals surface area (Å²) in [7, 11) is 0. The fourth-order valence-electron chi connectivity index (χ4n) is 1.52. The van der Waals surface area contributed by atoms with Crippen molar-refractivity contribution in [3.63, 3.8) is 0 Å². The standard InChI is InChI=1S/C13H10F3NO2/c14-13(15,16)11-6-9(8-18)3-4-12(11)19-10-2-1-5-17-7-10/h1-7,18H,8H2. The summed E-state index contributed by atoms with van der Waals surface area (Å²) < 4.78 is 43.8. The van der Waals surface area contributed by atoms with Gasteiger partial charge in [-0.05, 0) is 29.8 Å². The maximum Gasteiger partial charge on any atom is 0.419 e. The van der Waals surface area contributed by atoms with Gasteiger partial charge in [-0.15, -0.1) is 0 Å². The second kappa shape index (κ2) is 5.27. The maximum absolute atomic E-state index is 12.9. The Hall–Kier alpha value is -2.08. The number of rotatable bonds is 3. The average Bonchev–Trinajstić information content (AvgIpc) is 2.39. The normalized spacial score (nSPS) is 11.4. The molecule has 0 radical (unpaired) electrons. The van der Waals surface area contributed by atoms with Crippen LogP contribution in [0.15, 0.2) is 42.7 Å². The molecule has 1 aromatic carbocycles. The zero-order valence-electron chi connectivity index (χ0n) is 9.69. The summed E-state index contributed by atoms with van der Waals surface area (Å²) >= 11 is 0. The van der Waals surface area contributed by atoms with Crippen molar-refractivity contribution in [1.29, 1.82) is 0 Å². The molecule has 2 aromatic rings. The third kappa shape index (κ3) is 3.23. The second-order valence-corrected chi connectivity index (χ2v) is 3.78. The van der Waals surface area contributed by atoms with Crippen LogP contribution in [0.5, 0.6) is 11.5 Å². The van der Waals surface area contributed by atoms with Crippen LogP contribution in [-0.4, -0.2) is 10.1 Å². The van der Waals surface area contributed by atoms with Crippen LogP contribution in [-0.2, 0) is 12.8 Å². The van der Waals surface area contributed by atoms with Gasteiger partial charge in [0.05, 0.1) is 18.4 Å². The van der Waals surface area contributed by atoms with Crippen molar-refractivity contribution in [2.75, 3.05) is 0 Å². The lowest BCUT2D eigenvalue weighted by Gasteiger charge is -2.14. The maximum atomic E-state index is 12.9. The summed E-state index contributed by atoms with van der Waals surface area (Å²) in [4.78, 5) is 3.76. The molecule has 0 bridgehead atoms. The van der Waals surface area contributed by atoms with Crippen molar-refractivity contribution >= 4 is 0 Å². The van der Waals surface area contributed by atoms with E-state index in [9.17, 15) is 13.2 Å². The Morgan fingerprint density at radius 3 is 2.58 bits per heavy atom. The summed E-state index contributed by atoms with van der Waals surface area (Å²) in [6.07, 6.45) is -1.74. The lowest BCUT2D eigenvalue weighted by Crippen LogP contribution is -2.08. The van der Waals surface area contributed by atoms with E-state index in [-0.39, 0.29) is 17.1 Å². The highest BCUT2D eigenvalue weighted by molar-refractivity contribution is 5.41. The number of aliphatic hydroxyl groups is 1. The predicted molar refractivity (Wildman–Crippen MR) is 61.7 cm³/mol. The Labute approximate surface area is 107 Å². The van der Waals surface area contributed by atoms with Gasteiger partial charge in [0.2, 0.25) is 0 Å². The quantitative estimate of drug-likeness (QED) is 0.928. The van der Waals surface area contributed by atoms with Crippen molar-refractivity contribution in [2.45, 2.75) is 12.8 Å². The van der Waals surface area contributed by atoms with Gasteiger partial charge in [0.15, 0.2) is 0 Å². The Morgan fingerprint density at radius 1 is 1.21 bits per heavy atom. The van der Waals surface area contributed by atoms with Crippen LogP contribution in [0, 0.1) is 0 Å². The molecule has 2 rings (SSSR count). The largest absolute Gasteiger partial charge is 0.455 e. The molecule has 0 aliphatic rings. The Kier molecular flexibility index (Phi) is 3.71. The molecule has 0 unspecified atom stereocenters. The molecule has 0 saturated heterocycles. The van der Waals surface area contributed by atoms with E-state index in [0.29, 0.717) is 0 Å². The zero-order valence-corrected chi connectivity index (χ0v) is 9.69. The number of benzene rings is 1. The van der Waals surface area contributed by atoms with Gasteiger partial charge in [-0.25, -0.2) is 0 Å². The lowest BCUT2D eigenvalue weighted by molar-refractivity contribution is -0.138. The second-order valence-electron chi connectivity index (χ2n) is 3.78. The number of halogens is 3. The highest BCUT2D eigenvalue weighted by Crippen LogP contribution is 2.38. The van der Waals surface area contributed by atoms with Crippen LogP contribution in [0.2, 0.25) is 0 Å². The number of hydrogen-bond acceptors (Lipinski definition) is 3. The van der Waals surface area contributed by atoms with Crippen molar-refractivity contribution < 1.29 is 23.0 Å². The molecule has 0 amide bonds. The van der Waals surface area contributed by atoms with Crippen LogP contribution < -0.4 is 4.74 Å². The number of pyridine rings is 1. The topological polar surface area (TPSA) is 42.4 Å². The summed E-state index contributed by atoms with van der Waals surface area (Å²) in [5.41, 5.74) is -0.756. The Balaban J connectivity index is 2.40. The van der Waals surface area contributed by atoms with E-state index >= 15 is 0 Å². The van der Waals surface area contributed by atoms with Gasteiger partial charge in [-0.3, -0.25) is 4.98 Å². The summed E-state index contributed by atoms with van der Waals surface area (Å²) in [5, 5.41) is 8.89. The van der Waals surface area contributed by atoms with Crippen molar-refractivity contribution in [2.24, 2.45) is 0 Å². The van der Waals surface area contributed by atoms with Gasteiger partial charge in [0.25, 0.3) is 0 Å². The molecular formula is C13H10F3NO2. The first-order valence-electron chi connectivity index (χ1n) is 5.39. The number of hydrogen-bond donors (Lipinski definition) is 1. The summed E-state index contributed by atoms with van der Waals surface area (Å²) in [6, 6.07) is 6.49. The van der Waals surface area contributed by atoms with Crippen LogP contribution in [0.3, 0.4) is 0 Å². The van der Waals surface area contributed by atoms with Crippen molar-refractivity contribution in [3.8, 4) is 11.5 Å². The Bertz CT molecular complexity index is 556. The van der Waals surface area contributed by atoms with Crippen LogP contribution in [0.4, 0.5) is 13.2 Å². The number of aromatic nitrogens is 1. The molecule has 0 saturated carbocycles.